The first kappa shape index (κ1) is 12.1. The van der Waals surface area contributed by atoms with Crippen LogP contribution in [0.2, 0.25) is 0 Å². The van der Waals surface area contributed by atoms with Crippen LogP contribution in [0.1, 0.15) is 6.92 Å². The number of nitrogens with zero attached hydrogens (tertiary/aromatic N) is 1. The Hall–Kier alpha value is -1.97. The predicted octanol–water partition coefficient (Wildman–Crippen LogP) is 2.09. The van der Waals surface area contributed by atoms with Crippen LogP contribution in [0.4, 0.5) is 5.69 Å². The van der Waals surface area contributed by atoms with E-state index in [1.54, 1.807) is 11.9 Å². The second-order valence-electron chi connectivity index (χ2n) is 3.32. The molecule has 0 aromatic heterocycles. The van der Waals surface area contributed by atoms with Gasteiger partial charge in [0, 0.05) is 12.7 Å². The molecule has 1 aromatic rings. The zero-order valence-corrected chi connectivity index (χ0v) is 9.60. The highest BCUT2D eigenvalue weighted by molar-refractivity contribution is 5.92. The van der Waals surface area contributed by atoms with E-state index in [2.05, 4.69) is 4.74 Å². The summed E-state index contributed by atoms with van der Waals surface area (Å²) in [7, 11) is 2.98. The lowest BCUT2D eigenvalue weighted by Crippen LogP contribution is -2.25. The molecule has 0 fully saturated rings. The van der Waals surface area contributed by atoms with Crippen LogP contribution >= 0.6 is 0 Å². The highest BCUT2D eigenvalue weighted by Gasteiger charge is 2.19. The van der Waals surface area contributed by atoms with Gasteiger partial charge in [-0.25, -0.2) is 4.79 Å². The Labute approximate surface area is 94.8 Å². The van der Waals surface area contributed by atoms with Gasteiger partial charge < -0.3 is 14.7 Å². The Morgan fingerprint density at radius 1 is 1.31 bits per heavy atom. The number of esters is 1. The first-order valence-corrected chi connectivity index (χ1v) is 4.85. The fraction of sp³-hybridized carbons (Fsp3) is 0.250. The van der Waals surface area contributed by atoms with Crippen LogP contribution in [0.15, 0.2) is 41.8 Å². The molecule has 0 aliphatic heterocycles. The summed E-state index contributed by atoms with van der Waals surface area (Å²) in [5.41, 5.74) is 0.935. The van der Waals surface area contributed by atoms with Gasteiger partial charge in [0.15, 0.2) is 5.70 Å². The lowest BCUT2D eigenvalue weighted by atomic mass is 10.2. The molecule has 1 aromatic carbocycles. The maximum absolute atomic E-state index is 11.5. The summed E-state index contributed by atoms with van der Waals surface area (Å²) >= 11 is 0. The fourth-order valence-electron chi connectivity index (χ4n) is 1.40. The minimum atomic E-state index is -0.564. The molecule has 1 rings (SSSR count). The van der Waals surface area contributed by atoms with E-state index < -0.39 is 5.97 Å². The third-order valence-electron chi connectivity index (χ3n) is 2.20. The van der Waals surface area contributed by atoms with E-state index in [9.17, 15) is 9.90 Å². The topological polar surface area (TPSA) is 49.8 Å². The molecule has 1 N–H and O–H groups in total. The van der Waals surface area contributed by atoms with Gasteiger partial charge in [-0.1, -0.05) is 18.2 Å². The van der Waals surface area contributed by atoms with Gasteiger partial charge in [0.2, 0.25) is 0 Å². The van der Waals surface area contributed by atoms with Gasteiger partial charge in [-0.2, -0.15) is 0 Å². The molecule has 0 atom stereocenters. The van der Waals surface area contributed by atoms with Gasteiger partial charge in [-0.3, -0.25) is 0 Å². The van der Waals surface area contributed by atoms with E-state index in [1.807, 2.05) is 30.3 Å². The van der Waals surface area contributed by atoms with E-state index in [1.165, 1.54) is 14.0 Å². The largest absolute Gasteiger partial charge is 0.510 e. The molecule has 4 heteroatoms. The van der Waals surface area contributed by atoms with Crippen molar-refractivity contribution in [1.29, 1.82) is 0 Å². The van der Waals surface area contributed by atoms with Crippen molar-refractivity contribution in [2.24, 2.45) is 0 Å². The molecule has 0 unspecified atom stereocenters. The second-order valence-corrected chi connectivity index (χ2v) is 3.32. The van der Waals surface area contributed by atoms with Crippen LogP contribution in [-0.2, 0) is 9.53 Å². The van der Waals surface area contributed by atoms with Crippen molar-refractivity contribution in [1.82, 2.24) is 0 Å². The highest BCUT2D eigenvalue weighted by atomic mass is 16.5. The molecule has 4 nitrogen and oxygen atoms in total. The molecule has 16 heavy (non-hydrogen) atoms. The number of anilines is 1. The van der Waals surface area contributed by atoms with Crippen molar-refractivity contribution in [3.05, 3.63) is 41.8 Å². The molecule has 0 aliphatic carbocycles. The van der Waals surface area contributed by atoms with Gasteiger partial charge >= 0.3 is 5.97 Å². The number of allylic oxidation sites excluding steroid dienone is 1. The summed E-state index contributed by atoms with van der Waals surface area (Å²) in [5.74, 6) is -0.635. The maximum Gasteiger partial charge on any atom is 0.358 e. The molecule has 0 bridgehead atoms. The number of rotatable bonds is 3. The number of aliphatic hydroxyl groups is 1. The summed E-state index contributed by atoms with van der Waals surface area (Å²) < 4.78 is 4.62. The minimum Gasteiger partial charge on any atom is -0.510 e. The smallest absolute Gasteiger partial charge is 0.358 e. The van der Waals surface area contributed by atoms with Crippen LogP contribution < -0.4 is 4.90 Å². The van der Waals surface area contributed by atoms with Crippen molar-refractivity contribution in [3.8, 4) is 0 Å². The maximum atomic E-state index is 11.5. The van der Waals surface area contributed by atoms with Gasteiger partial charge in [-0.15, -0.1) is 0 Å². The number of benzene rings is 1. The summed E-state index contributed by atoms with van der Waals surface area (Å²) in [5, 5.41) is 9.48. The van der Waals surface area contributed by atoms with Crippen molar-refractivity contribution in [3.63, 3.8) is 0 Å². The Balaban J connectivity index is 3.08. The van der Waals surface area contributed by atoms with Crippen molar-refractivity contribution in [2.75, 3.05) is 19.1 Å². The Morgan fingerprint density at radius 2 is 1.88 bits per heavy atom. The first-order valence-electron chi connectivity index (χ1n) is 4.85. The quantitative estimate of drug-likeness (QED) is 0.482. The lowest BCUT2D eigenvalue weighted by molar-refractivity contribution is -0.136. The van der Waals surface area contributed by atoms with Gasteiger partial charge in [-0.05, 0) is 19.1 Å². The summed E-state index contributed by atoms with van der Waals surface area (Å²) in [6.07, 6.45) is 0. The average Bonchev–Trinajstić information content (AvgIpc) is 2.29. The SMILES string of the molecule is COC(=O)/C(=C(\C)O)N(C)c1ccccc1. The number of hydrogen-bond acceptors (Lipinski definition) is 4. The normalized spacial score (nSPS) is 11.7. The number of methoxy groups -OCH3 is 1. The second kappa shape index (κ2) is 5.21. The molecular formula is C12H15NO3. The summed E-state index contributed by atoms with van der Waals surface area (Å²) in [6, 6.07) is 9.27. The highest BCUT2D eigenvalue weighted by Crippen LogP contribution is 2.19. The zero-order valence-electron chi connectivity index (χ0n) is 9.60. The molecule has 0 spiro atoms. The third kappa shape index (κ3) is 2.53. The standard InChI is InChI=1S/C12H15NO3/c1-9(14)11(12(15)16-3)13(2)10-7-5-4-6-8-10/h4-8,14H,1-3H3/b11-9-. The van der Waals surface area contributed by atoms with Crippen molar-refractivity contribution >= 4 is 11.7 Å². The Morgan fingerprint density at radius 3 is 2.31 bits per heavy atom. The summed E-state index contributed by atoms with van der Waals surface area (Å²) in [4.78, 5) is 13.1. The molecular weight excluding hydrogens is 206 g/mol. The predicted molar refractivity (Wildman–Crippen MR) is 62.2 cm³/mol. The Kier molecular flexibility index (Phi) is 3.94. The molecule has 0 heterocycles. The number of ether oxygens (including phenoxy) is 1. The molecule has 0 amide bonds. The van der Waals surface area contributed by atoms with Crippen LogP contribution in [0.3, 0.4) is 0 Å². The van der Waals surface area contributed by atoms with Crippen molar-refractivity contribution < 1.29 is 14.6 Å². The molecule has 0 saturated carbocycles. The lowest BCUT2D eigenvalue weighted by Gasteiger charge is -2.21. The molecule has 86 valence electrons. The number of para-hydroxylation sites is 1. The average molecular weight is 221 g/mol. The number of carbonyl (C=O) groups is 1. The number of aliphatic hydroxyl groups excluding tert-OH is 1. The Bertz CT molecular complexity index is 394. The van der Waals surface area contributed by atoms with Crippen molar-refractivity contribution in [2.45, 2.75) is 6.92 Å². The summed E-state index contributed by atoms with van der Waals surface area (Å²) in [6.45, 7) is 1.45. The zero-order chi connectivity index (χ0) is 12.1. The molecule has 0 saturated heterocycles. The van der Waals surface area contributed by atoms with Gasteiger partial charge in [0.25, 0.3) is 0 Å². The van der Waals surface area contributed by atoms with E-state index >= 15 is 0 Å². The monoisotopic (exact) mass is 221 g/mol. The van der Waals surface area contributed by atoms with Crippen LogP contribution in [-0.4, -0.2) is 25.2 Å². The molecule has 0 aliphatic rings. The van der Waals surface area contributed by atoms with Crippen LogP contribution in [0, 0.1) is 0 Å². The van der Waals surface area contributed by atoms with Gasteiger partial charge in [0.05, 0.1) is 7.11 Å². The van der Waals surface area contributed by atoms with Crippen LogP contribution in [0.25, 0.3) is 0 Å². The van der Waals surface area contributed by atoms with E-state index in [4.69, 9.17) is 0 Å². The number of hydrogen-bond donors (Lipinski definition) is 1. The third-order valence-corrected chi connectivity index (χ3v) is 2.20. The first-order chi connectivity index (χ1) is 7.57. The van der Waals surface area contributed by atoms with E-state index in [0.29, 0.717) is 0 Å². The van der Waals surface area contributed by atoms with Gasteiger partial charge in [0.1, 0.15) is 5.76 Å². The van der Waals surface area contributed by atoms with E-state index in [0.717, 1.165) is 5.69 Å². The molecule has 0 radical (unpaired) electrons. The number of likely N-dealkylation sites (N-methyl/N-ethyl adjacent to an activating group) is 1. The van der Waals surface area contributed by atoms with E-state index in [-0.39, 0.29) is 11.5 Å². The number of carbonyl (C=O) groups excluding carboxylic acids is 1. The fourth-order valence-corrected chi connectivity index (χ4v) is 1.40. The minimum absolute atomic E-state index is 0.0711. The van der Waals surface area contributed by atoms with Crippen LogP contribution in [0.5, 0.6) is 0 Å².